The molecule has 64 heavy (non-hydrogen) atoms. The lowest BCUT2D eigenvalue weighted by Gasteiger charge is -2.26. The molecule has 0 aliphatic carbocycles. The first-order valence-electron chi connectivity index (χ1n) is 27.7. The minimum absolute atomic E-state index is 0.0764. The van der Waals surface area contributed by atoms with Gasteiger partial charge in [-0.1, -0.05) is 244 Å². The molecule has 3 unspecified atom stereocenters. The van der Waals surface area contributed by atoms with Crippen molar-refractivity contribution in [3.8, 4) is 0 Å². The van der Waals surface area contributed by atoms with Gasteiger partial charge in [0.25, 0.3) is 0 Å². The highest BCUT2D eigenvalue weighted by atomic mass is 31.2. The fraction of sp³-hybridized carbons (Fsp3) is 0.909. The standard InChI is InChI=1S/C55H109N2O6P/c1-6-8-10-12-14-16-18-20-22-23-24-25-26-27-28-29-30-31-32-33-35-37-39-41-43-45-47-49-55(59)56-53(52-63-64(60,61)62-51-50-57(3,4)5)54(58)48-46-44-42-40-38-36-34-21-19-17-15-13-11-9-7-2/h18,20,23-24,53-54,58H,6-17,19,21-22,25-52H2,1-5H3,(H-,56,59,60,61)/p+1/b20-18-,24-23-. The van der Waals surface area contributed by atoms with E-state index in [9.17, 15) is 19.4 Å². The molecule has 3 N–H and O–H groups in total. The highest BCUT2D eigenvalue weighted by Crippen LogP contribution is 2.43. The average molecular weight is 926 g/mol. The number of amides is 1. The molecule has 3 atom stereocenters. The first-order valence-corrected chi connectivity index (χ1v) is 29.2. The van der Waals surface area contributed by atoms with Crippen LogP contribution in [0.5, 0.6) is 0 Å². The second kappa shape index (κ2) is 47.1. The summed E-state index contributed by atoms with van der Waals surface area (Å²) in [6.07, 6.45) is 57.9. The van der Waals surface area contributed by atoms with Crippen molar-refractivity contribution in [2.45, 2.75) is 283 Å². The summed E-state index contributed by atoms with van der Waals surface area (Å²) in [6.45, 7) is 4.91. The number of aliphatic hydroxyl groups is 1. The number of unbranched alkanes of at least 4 members (excludes halogenated alkanes) is 34. The Morgan fingerprint density at radius 2 is 0.891 bits per heavy atom. The molecule has 0 aromatic rings. The monoisotopic (exact) mass is 926 g/mol. The number of quaternary nitrogens is 1. The highest BCUT2D eigenvalue weighted by Gasteiger charge is 2.28. The van der Waals surface area contributed by atoms with E-state index in [0.717, 1.165) is 44.9 Å². The Morgan fingerprint density at radius 1 is 0.531 bits per heavy atom. The number of phosphoric ester groups is 1. The molecule has 1 amide bonds. The van der Waals surface area contributed by atoms with Gasteiger partial charge in [-0.05, 0) is 44.9 Å². The molecule has 0 radical (unpaired) electrons. The molecule has 9 heteroatoms. The van der Waals surface area contributed by atoms with Gasteiger partial charge in [-0.2, -0.15) is 0 Å². The third-order valence-electron chi connectivity index (χ3n) is 12.7. The van der Waals surface area contributed by atoms with Crippen molar-refractivity contribution in [2.75, 3.05) is 40.9 Å². The normalized spacial score (nSPS) is 14.2. The van der Waals surface area contributed by atoms with Crippen LogP contribution in [0.1, 0.15) is 271 Å². The fourth-order valence-electron chi connectivity index (χ4n) is 8.31. The quantitative estimate of drug-likeness (QED) is 0.0243. The van der Waals surface area contributed by atoms with Crippen molar-refractivity contribution in [3.63, 3.8) is 0 Å². The first-order chi connectivity index (χ1) is 31.0. The zero-order valence-corrected chi connectivity index (χ0v) is 44.2. The number of nitrogens with zero attached hydrogens (tertiary/aromatic N) is 1. The van der Waals surface area contributed by atoms with E-state index >= 15 is 0 Å². The van der Waals surface area contributed by atoms with Crippen LogP contribution in [0.3, 0.4) is 0 Å². The first kappa shape index (κ1) is 63.0. The van der Waals surface area contributed by atoms with Gasteiger partial charge in [0.05, 0.1) is 39.9 Å². The van der Waals surface area contributed by atoms with Crippen molar-refractivity contribution < 1.29 is 32.9 Å². The van der Waals surface area contributed by atoms with Crippen LogP contribution >= 0.6 is 7.82 Å². The molecule has 0 saturated heterocycles. The predicted octanol–water partition coefficient (Wildman–Crippen LogP) is 16.4. The molecule has 0 fully saturated rings. The molecule has 0 aromatic heterocycles. The summed E-state index contributed by atoms with van der Waals surface area (Å²) in [6, 6.07) is -0.758. The lowest BCUT2D eigenvalue weighted by Crippen LogP contribution is -2.46. The van der Waals surface area contributed by atoms with Gasteiger partial charge in [0.15, 0.2) is 0 Å². The van der Waals surface area contributed by atoms with Crippen LogP contribution < -0.4 is 5.32 Å². The molecule has 0 spiro atoms. The number of carbonyl (C=O) groups is 1. The Morgan fingerprint density at radius 3 is 1.28 bits per heavy atom. The molecular formula is C55H110N2O6P+. The van der Waals surface area contributed by atoms with Gasteiger partial charge in [0.2, 0.25) is 5.91 Å². The smallest absolute Gasteiger partial charge is 0.391 e. The number of carbonyl (C=O) groups excluding carboxylic acids is 1. The van der Waals surface area contributed by atoms with Crippen molar-refractivity contribution >= 4 is 13.7 Å². The van der Waals surface area contributed by atoms with E-state index in [2.05, 4.69) is 43.5 Å². The molecule has 0 rings (SSSR count). The number of aliphatic hydroxyl groups excluding tert-OH is 1. The predicted molar refractivity (Wildman–Crippen MR) is 277 cm³/mol. The van der Waals surface area contributed by atoms with Crippen LogP contribution in [0.25, 0.3) is 0 Å². The summed E-state index contributed by atoms with van der Waals surface area (Å²) in [5.74, 6) is -0.141. The Hall–Kier alpha value is -1.02. The number of rotatable bonds is 51. The second-order valence-electron chi connectivity index (χ2n) is 20.3. The molecule has 0 bridgehead atoms. The van der Waals surface area contributed by atoms with Crippen LogP contribution in [0.4, 0.5) is 0 Å². The average Bonchev–Trinajstić information content (AvgIpc) is 3.25. The molecule has 0 aliphatic rings. The lowest BCUT2D eigenvalue weighted by molar-refractivity contribution is -0.870. The van der Waals surface area contributed by atoms with Gasteiger partial charge < -0.3 is 19.8 Å². The highest BCUT2D eigenvalue weighted by molar-refractivity contribution is 7.47. The minimum Gasteiger partial charge on any atom is -0.391 e. The topological polar surface area (TPSA) is 105 Å². The summed E-state index contributed by atoms with van der Waals surface area (Å²) in [5.41, 5.74) is 0. The maximum atomic E-state index is 13.0. The number of hydrogen-bond acceptors (Lipinski definition) is 5. The van der Waals surface area contributed by atoms with Gasteiger partial charge >= 0.3 is 7.82 Å². The van der Waals surface area contributed by atoms with Crippen LogP contribution in [-0.2, 0) is 18.4 Å². The maximum absolute atomic E-state index is 13.0. The Labute approximate surface area is 398 Å². The Balaban J connectivity index is 4.11. The second-order valence-corrected chi connectivity index (χ2v) is 21.8. The van der Waals surface area contributed by atoms with Crippen molar-refractivity contribution in [1.29, 1.82) is 0 Å². The van der Waals surface area contributed by atoms with Crippen LogP contribution in [-0.4, -0.2) is 73.4 Å². The van der Waals surface area contributed by atoms with E-state index in [0.29, 0.717) is 23.9 Å². The van der Waals surface area contributed by atoms with E-state index in [-0.39, 0.29) is 19.1 Å². The number of nitrogens with one attached hydrogen (secondary N) is 1. The maximum Gasteiger partial charge on any atom is 0.472 e. The largest absolute Gasteiger partial charge is 0.472 e. The van der Waals surface area contributed by atoms with E-state index in [4.69, 9.17) is 9.05 Å². The third-order valence-corrected chi connectivity index (χ3v) is 13.7. The Bertz CT molecular complexity index is 1090. The minimum atomic E-state index is -4.32. The summed E-state index contributed by atoms with van der Waals surface area (Å²) in [4.78, 5) is 23.3. The van der Waals surface area contributed by atoms with E-state index in [1.807, 2.05) is 21.1 Å². The summed E-state index contributed by atoms with van der Waals surface area (Å²) < 4.78 is 23.7. The van der Waals surface area contributed by atoms with Gasteiger partial charge in [-0.25, -0.2) is 4.57 Å². The van der Waals surface area contributed by atoms with Crippen molar-refractivity contribution in [1.82, 2.24) is 5.32 Å². The zero-order chi connectivity index (χ0) is 47.1. The number of likely N-dealkylation sites (N-methyl/N-ethyl adjacent to an activating group) is 1. The van der Waals surface area contributed by atoms with Gasteiger partial charge in [-0.15, -0.1) is 0 Å². The number of allylic oxidation sites excluding steroid dienone is 4. The molecular weight excluding hydrogens is 816 g/mol. The van der Waals surface area contributed by atoms with E-state index in [1.165, 1.54) is 199 Å². The van der Waals surface area contributed by atoms with Crippen molar-refractivity contribution in [3.05, 3.63) is 24.3 Å². The van der Waals surface area contributed by atoms with Gasteiger partial charge in [-0.3, -0.25) is 13.8 Å². The molecule has 380 valence electrons. The zero-order valence-electron chi connectivity index (χ0n) is 43.3. The fourth-order valence-corrected chi connectivity index (χ4v) is 9.05. The number of phosphoric acid groups is 1. The molecule has 8 nitrogen and oxygen atoms in total. The van der Waals surface area contributed by atoms with Crippen LogP contribution in [0.15, 0.2) is 24.3 Å². The molecule has 0 aliphatic heterocycles. The van der Waals surface area contributed by atoms with Crippen LogP contribution in [0.2, 0.25) is 0 Å². The molecule has 0 saturated carbocycles. The lowest BCUT2D eigenvalue weighted by atomic mass is 10.0. The third kappa shape index (κ3) is 48.9. The van der Waals surface area contributed by atoms with E-state index < -0.39 is 20.0 Å². The SMILES string of the molecule is CCCCCCC/C=C\C/C=C\CCCCCCCCCCCCCCCCCC(=O)NC(COP(=O)(O)OCC[N+](C)(C)C)C(O)CCCCCCCCCCCCCCCCC. The van der Waals surface area contributed by atoms with Gasteiger partial charge in [0.1, 0.15) is 13.2 Å². The summed E-state index contributed by atoms with van der Waals surface area (Å²) >= 11 is 0. The number of hydrogen-bond donors (Lipinski definition) is 3. The summed E-state index contributed by atoms with van der Waals surface area (Å²) in [5, 5.41) is 14.0. The van der Waals surface area contributed by atoms with E-state index in [1.54, 1.807) is 0 Å². The van der Waals surface area contributed by atoms with Crippen molar-refractivity contribution in [2.24, 2.45) is 0 Å². The Kier molecular flexibility index (Phi) is 46.3. The molecule has 0 heterocycles. The van der Waals surface area contributed by atoms with Crippen LogP contribution in [0, 0.1) is 0 Å². The van der Waals surface area contributed by atoms with Gasteiger partial charge in [0, 0.05) is 6.42 Å². The summed E-state index contributed by atoms with van der Waals surface area (Å²) in [7, 11) is 1.63. The molecule has 0 aromatic carbocycles.